The SMILES string of the molecule is Cc1cc2oc3cccc(-c4cc5c(c6ccccc46)-c4cc6c(cc4C5(C)C)-c4cc5c(cc4C6(C)C)-c4c(cc(-c6cccc7oc8cc(C)c9ccccc9c8c67)c6ccccc46)C5(C)C)c3c2c2ccccc12. The Morgan fingerprint density at radius 1 is 0.247 bits per heavy atom. The third-order valence-electron chi connectivity index (χ3n) is 19.3. The van der Waals surface area contributed by atoms with E-state index in [1.807, 2.05) is 0 Å². The molecule has 0 aliphatic heterocycles. The molecule has 17 rings (SSSR count). The lowest BCUT2D eigenvalue weighted by molar-refractivity contribution is 0.649. The smallest absolute Gasteiger partial charge is 0.136 e. The topological polar surface area (TPSA) is 26.3 Å². The Balaban J connectivity index is 0.845. The fourth-order valence-corrected chi connectivity index (χ4v) is 15.5. The number of hydrogen-bond acceptors (Lipinski definition) is 2. The van der Waals surface area contributed by atoms with Gasteiger partial charge in [-0.1, -0.05) is 163 Å². The minimum absolute atomic E-state index is 0.238. The predicted octanol–water partition coefficient (Wildman–Crippen LogP) is 21.0. The highest BCUT2D eigenvalue weighted by Gasteiger charge is 2.46. The molecule has 2 heterocycles. The van der Waals surface area contributed by atoms with Gasteiger partial charge in [-0.05, 0) is 218 Å². The molecule has 3 aliphatic rings. The highest BCUT2D eigenvalue weighted by atomic mass is 16.3. The van der Waals surface area contributed by atoms with Crippen LogP contribution in [0.15, 0.2) is 191 Å². The van der Waals surface area contributed by atoms with Gasteiger partial charge in [0.2, 0.25) is 0 Å². The van der Waals surface area contributed by atoms with Gasteiger partial charge in [0.05, 0.1) is 0 Å². The molecule has 12 aromatic carbocycles. The standard InChI is InChI=1S/C75H54O2/c1-39-31-65-71(45-23-13-9-19-41(39)45)69-49(27-17-29-63(69)76-65)51-33-61-67(47-25-15-11-21-43(47)51)55-37-57-53(35-59(55)74(61,5)6)54-36-60-56(38-58(54)73(57,3)4)68-48-26-16-12-22-44(48)52(34-62(68)75(60,7)8)50-28-18-30-64-70(50)72-46-24-14-10-20-42(46)40(2)32-66(72)77-64/h9-38H,1-8H3. The Morgan fingerprint density at radius 3 is 0.987 bits per heavy atom. The van der Waals surface area contributed by atoms with Crippen molar-refractivity contribution in [2.24, 2.45) is 0 Å². The maximum Gasteiger partial charge on any atom is 0.136 e. The van der Waals surface area contributed by atoms with Crippen LogP contribution in [0.5, 0.6) is 0 Å². The van der Waals surface area contributed by atoms with Gasteiger partial charge in [0.25, 0.3) is 0 Å². The molecule has 0 fully saturated rings. The minimum Gasteiger partial charge on any atom is -0.456 e. The number of benzene rings is 12. The summed E-state index contributed by atoms with van der Waals surface area (Å²) < 4.78 is 13.5. The zero-order valence-electron chi connectivity index (χ0n) is 44.6. The molecule has 0 saturated heterocycles. The molecule has 0 saturated carbocycles. The van der Waals surface area contributed by atoms with E-state index in [1.165, 1.54) is 165 Å². The van der Waals surface area contributed by atoms with Crippen molar-refractivity contribution in [3.63, 3.8) is 0 Å². The zero-order valence-corrected chi connectivity index (χ0v) is 44.6. The van der Waals surface area contributed by atoms with Crippen LogP contribution < -0.4 is 0 Å². The Labute approximate surface area is 447 Å². The molecule has 2 aromatic heterocycles. The lowest BCUT2D eigenvalue weighted by atomic mass is 9.78. The Hall–Kier alpha value is -8.72. The number of hydrogen-bond donors (Lipinski definition) is 0. The van der Waals surface area contributed by atoms with Gasteiger partial charge in [-0.25, -0.2) is 0 Å². The van der Waals surface area contributed by atoms with Crippen LogP contribution in [-0.4, -0.2) is 0 Å². The molecule has 0 radical (unpaired) electrons. The highest BCUT2D eigenvalue weighted by Crippen LogP contribution is 2.62. The number of aryl methyl sites for hydroxylation is 2. The minimum atomic E-state index is -0.266. The van der Waals surface area contributed by atoms with Crippen LogP contribution in [-0.2, 0) is 16.2 Å². The third-order valence-corrected chi connectivity index (χ3v) is 19.3. The second-order valence-electron chi connectivity index (χ2n) is 24.3. The van der Waals surface area contributed by atoms with Crippen LogP contribution in [0.2, 0.25) is 0 Å². The third kappa shape index (κ3) is 5.36. The van der Waals surface area contributed by atoms with Crippen molar-refractivity contribution in [2.45, 2.75) is 71.6 Å². The van der Waals surface area contributed by atoms with E-state index in [2.05, 4.69) is 237 Å². The Morgan fingerprint density at radius 2 is 0.571 bits per heavy atom. The molecule has 77 heavy (non-hydrogen) atoms. The molecule has 0 unspecified atom stereocenters. The quantitative estimate of drug-likeness (QED) is 0.173. The van der Waals surface area contributed by atoms with Gasteiger partial charge < -0.3 is 8.83 Å². The van der Waals surface area contributed by atoms with Crippen molar-refractivity contribution >= 4 is 87.0 Å². The van der Waals surface area contributed by atoms with Crippen LogP contribution in [0, 0.1) is 13.8 Å². The maximum absolute atomic E-state index is 6.73. The molecule has 366 valence electrons. The Kier molecular flexibility index (Phi) is 8.14. The van der Waals surface area contributed by atoms with Gasteiger partial charge >= 0.3 is 0 Å². The summed E-state index contributed by atoms with van der Waals surface area (Å²) in [5, 5.41) is 14.9. The fraction of sp³-hybridized carbons (Fsp3) is 0.147. The van der Waals surface area contributed by atoms with Gasteiger partial charge in [0.15, 0.2) is 0 Å². The average molecular weight is 987 g/mol. The van der Waals surface area contributed by atoms with Crippen molar-refractivity contribution in [1.82, 2.24) is 0 Å². The summed E-state index contributed by atoms with van der Waals surface area (Å²) >= 11 is 0. The predicted molar refractivity (Wildman–Crippen MR) is 324 cm³/mol. The maximum atomic E-state index is 6.73. The molecular formula is C75H54O2. The number of rotatable bonds is 2. The van der Waals surface area contributed by atoms with E-state index in [0.717, 1.165) is 22.3 Å². The van der Waals surface area contributed by atoms with Crippen LogP contribution in [0.25, 0.3) is 143 Å². The van der Waals surface area contributed by atoms with E-state index < -0.39 is 0 Å². The van der Waals surface area contributed by atoms with E-state index in [1.54, 1.807) is 0 Å². The van der Waals surface area contributed by atoms with E-state index in [-0.39, 0.29) is 16.2 Å². The van der Waals surface area contributed by atoms with Crippen LogP contribution in [0.1, 0.15) is 86.1 Å². The molecule has 2 nitrogen and oxygen atoms in total. The summed E-state index contributed by atoms with van der Waals surface area (Å²) in [7, 11) is 0. The summed E-state index contributed by atoms with van der Waals surface area (Å²) in [6, 6.07) is 69.0. The van der Waals surface area contributed by atoms with Gasteiger partial charge in [-0.3, -0.25) is 0 Å². The lowest BCUT2D eigenvalue weighted by Gasteiger charge is -2.25. The normalized spacial score (nSPS) is 15.3. The van der Waals surface area contributed by atoms with Crippen LogP contribution >= 0.6 is 0 Å². The fourth-order valence-electron chi connectivity index (χ4n) is 15.5. The van der Waals surface area contributed by atoms with Gasteiger partial charge in [-0.15, -0.1) is 0 Å². The zero-order chi connectivity index (χ0) is 51.8. The molecule has 0 spiro atoms. The van der Waals surface area contributed by atoms with Crippen LogP contribution in [0.3, 0.4) is 0 Å². The molecule has 3 aliphatic carbocycles. The molecular weight excluding hydrogens is 933 g/mol. The first-order chi connectivity index (χ1) is 37.3. The average Bonchev–Trinajstić information content (AvgIpc) is 4.38. The van der Waals surface area contributed by atoms with E-state index in [0.29, 0.717) is 0 Å². The molecule has 0 amide bonds. The summed E-state index contributed by atoms with van der Waals surface area (Å²) in [4.78, 5) is 0. The molecule has 0 bridgehead atoms. The largest absolute Gasteiger partial charge is 0.456 e. The first-order valence-corrected chi connectivity index (χ1v) is 27.5. The number of fused-ring (bicyclic) bond motifs is 23. The summed E-state index contributed by atoms with van der Waals surface area (Å²) in [5.41, 5.74) is 26.9. The van der Waals surface area contributed by atoms with Crippen molar-refractivity contribution in [3.05, 3.63) is 226 Å². The van der Waals surface area contributed by atoms with Gasteiger partial charge in [0.1, 0.15) is 22.3 Å². The highest BCUT2D eigenvalue weighted by molar-refractivity contribution is 6.27. The van der Waals surface area contributed by atoms with E-state index >= 15 is 0 Å². The Bertz CT molecular complexity index is 4760. The summed E-state index contributed by atoms with van der Waals surface area (Å²) in [6.07, 6.45) is 0. The van der Waals surface area contributed by atoms with Gasteiger partial charge in [-0.2, -0.15) is 0 Å². The monoisotopic (exact) mass is 986 g/mol. The second kappa shape index (κ2) is 14.4. The molecule has 14 aromatic rings. The second-order valence-corrected chi connectivity index (χ2v) is 24.3. The van der Waals surface area contributed by atoms with Crippen molar-refractivity contribution in [3.8, 4) is 55.6 Å². The van der Waals surface area contributed by atoms with Gasteiger partial charge in [0, 0.05) is 37.8 Å². The van der Waals surface area contributed by atoms with E-state index in [9.17, 15) is 0 Å². The lowest BCUT2D eigenvalue weighted by Crippen LogP contribution is -2.17. The van der Waals surface area contributed by atoms with Crippen molar-refractivity contribution in [2.75, 3.05) is 0 Å². The summed E-state index contributed by atoms with van der Waals surface area (Å²) in [5.74, 6) is 0. The first-order valence-electron chi connectivity index (χ1n) is 27.5. The summed E-state index contributed by atoms with van der Waals surface area (Å²) in [6.45, 7) is 19.1. The van der Waals surface area contributed by atoms with Crippen LogP contribution in [0.4, 0.5) is 0 Å². The molecule has 2 heteroatoms. The molecule has 0 atom stereocenters. The first kappa shape index (κ1) is 43.5. The number of furan rings is 2. The molecule has 0 N–H and O–H groups in total. The van der Waals surface area contributed by atoms with Crippen molar-refractivity contribution in [1.29, 1.82) is 0 Å². The van der Waals surface area contributed by atoms with E-state index in [4.69, 9.17) is 8.83 Å². The van der Waals surface area contributed by atoms with Crippen molar-refractivity contribution < 1.29 is 8.83 Å².